The maximum absolute atomic E-state index is 10.5. The third-order valence-electron chi connectivity index (χ3n) is 2.73. The van der Waals surface area contributed by atoms with Gasteiger partial charge in [-0.25, -0.2) is 4.79 Å². The molecule has 88 valence electrons. The Morgan fingerprint density at radius 2 is 2.38 bits per heavy atom. The van der Waals surface area contributed by atoms with Gasteiger partial charge in [0.25, 0.3) is 0 Å². The number of thiophene rings is 1. The summed E-state index contributed by atoms with van der Waals surface area (Å²) in [6.07, 6.45) is 2.61. The predicted octanol–water partition coefficient (Wildman–Crippen LogP) is 1.46. The van der Waals surface area contributed by atoms with Gasteiger partial charge in [-0.2, -0.15) is 0 Å². The van der Waals surface area contributed by atoms with Crippen molar-refractivity contribution in [3.05, 3.63) is 22.4 Å². The normalized spacial score (nSPS) is 17.0. The molecule has 0 radical (unpaired) electrons. The second kappa shape index (κ2) is 5.32. The van der Waals surface area contributed by atoms with Gasteiger partial charge in [0, 0.05) is 24.0 Å². The SMILES string of the molecule is NC(=O)NCCNC(c1cccs1)C1CC1. The second-order valence-electron chi connectivity index (χ2n) is 4.08. The van der Waals surface area contributed by atoms with E-state index in [1.54, 1.807) is 11.3 Å². The Kier molecular flexibility index (Phi) is 3.79. The summed E-state index contributed by atoms with van der Waals surface area (Å²) in [6.45, 7) is 1.35. The molecule has 1 unspecified atom stereocenters. The topological polar surface area (TPSA) is 67.2 Å². The Morgan fingerprint density at radius 3 is 2.94 bits per heavy atom. The highest BCUT2D eigenvalue weighted by Gasteiger charge is 2.32. The van der Waals surface area contributed by atoms with E-state index < -0.39 is 6.03 Å². The van der Waals surface area contributed by atoms with Crippen molar-refractivity contribution in [2.75, 3.05) is 13.1 Å². The molecule has 2 rings (SSSR count). The van der Waals surface area contributed by atoms with Crippen molar-refractivity contribution in [2.45, 2.75) is 18.9 Å². The van der Waals surface area contributed by atoms with Gasteiger partial charge >= 0.3 is 6.03 Å². The van der Waals surface area contributed by atoms with E-state index in [0.717, 1.165) is 12.5 Å². The van der Waals surface area contributed by atoms with E-state index in [-0.39, 0.29) is 0 Å². The Morgan fingerprint density at radius 1 is 1.56 bits per heavy atom. The van der Waals surface area contributed by atoms with Gasteiger partial charge in [0.1, 0.15) is 0 Å². The number of primary amides is 1. The van der Waals surface area contributed by atoms with Crippen LogP contribution in [0, 0.1) is 5.92 Å². The number of carbonyl (C=O) groups excluding carboxylic acids is 1. The van der Waals surface area contributed by atoms with E-state index in [2.05, 4.69) is 28.1 Å². The molecular formula is C11H17N3OS. The van der Waals surface area contributed by atoms with Crippen molar-refractivity contribution in [1.82, 2.24) is 10.6 Å². The van der Waals surface area contributed by atoms with Gasteiger partial charge in [-0.15, -0.1) is 11.3 Å². The maximum Gasteiger partial charge on any atom is 0.312 e. The molecule has 16 heavy (non-hydrogen) atoms. The fraction of sp³-hybridized carbons (Fsp3) is 0.545. The van der Waals surface area contributed by atoms with Crippen LogP contribution in [0.4, 0.5) is 4.79 Å². The van der Waals surface area contributed by atoms with E-state index >= 15 is 0 Å². The zero-order valence-corrected chi connectivity index (χ0v) is 9.93. The minimum absolute atomic E-state index is 0.453. The van der Waals surface area contributed by atoms with Crippen LogP contribution in [0.25, 0.3) is 0 Å². The summed E-state index contributed by atoms with van der Waals surface area (Å²) >= 11 is 1.79. The molecule has 0 saturated heterocycles. The van der Waals surface area contributed by atoms with Crippen LogP contribution in [0.2, 0.25) is 0 Å². The molecule has 1 aliphatic rings. The van der Waals surface area contributed by atoms with Crippen LogP contribution in [0.3, 0.4) is 0 Å². The standard InChI is InChI=1S/C11H17N3OS/c12-11(15)14-6-5-13-10(8-3-4-8)9-2-1-7-16-9/h1-2,7-8,10,13H,3-6H2,(H3,12,14,15). The molecular weight excluding hydrogens is 222 g/mol. The van der Waals surface area contributed by atoms with Gasteiger partial charge in [-0.1, -0.05) is 6.07 Å². The van der Waals surface area contributed by atoms with Crippen LogP contribution in [0.15, 0.2) is 17.5 Å². The summed E-state index contributed by atoms with van der Waals surface area (Å²) in [5.74, 6) is 0.771. The minimum Gasteiger partial charge on any atom is -0.352 e. The molecule has 1 atom stereocenters. The van der Waals surface area contributed by atoms with Crippen LogP contribution < -0.4 is 16.4 Å². The summed E-state index contributed by atoms with van der Waals surface area (Å²) in [4.78, 5) is 11.9. The van der Waals surface area contributed by atoms with Crippen molar-refractivity contribution < 1.29 is 4.79 Å². The number of nitrogens with two attached hydrogens (primary N) is 1. The van der Waals surface area contributed by atoms with Crippen molar-refractivity contribution in [3.63, 3.8) is 0 Å². The highest BCUT2D eigenvalue weighted by Crippen LogP contribution is 2.42. The summed E-state index contributed by atoms with van der Waals surface area (Å²) in [5.41, 5.74) is 5.00. The molecule has 1 aliphatic carbocycles. The smallest absolute Gasteiger partial charge is 0.312 e. The molecule has 2 amide bonds. The average Bonchev–Trinajstić information content (AvgIpc) is 2.93. The van der Waals surface area contributed by atoms with Crippen LogP contribution in [0.5, 0.6) is 0 Å². The first-order valence-electron chi connectivity index (χ1n) is 5.57. The average molecular weight is 239 g/mol. The van der Waals surface area contributed by atoms with Crippen LogP contribution >= 0.6 is 11.3 Å². The lowest BCUT2D eigenvalue weighted by molar-refractivity contribution is 0.248. The second-order valence-corrected chi connectivity index (χ2v) is 5.05. The first kappa shape index (κ1) is 11.4. The molecule has 0 aliphatic heterocycles. The molecule has 0 spiro atoms. The van der Waals surface area contributed by atoms with Crippen molar-refractivity contribution >= 4 is 17.4 Å². The fourth-order valence-electron chi connectivity index (χ4n) is 1.81. The first-order valence-corrected chi connectivity index (χ1v) is 6.45. The van der Waals surface area contributed by atoms with E-state index in [9.17, 15) is 4.79 Å². The third-order valence-corrected chi connectivity index (χ3v) is 3.69. The quantitative estimate of drug-likeness (QED) is 0.658. The predicted molar refractivity (Wildman–Crippen MR) is 65.4 cm³/mol. The van der Waals surface area contributed by atoms with Gasteiger partial charge < -0.3 is 16.4 Å². The zero-order valence-electron chi connectivity index (χ0n) is 9.11. The number of rotatable bonds is 6. The number of urea groups is 1. The number of nitrogens with one attached hydrogen (secondary N) is 2. The molecule has 4 N–H and O–H groups in total. The number of amides is 2. The number of hydrogen-bond donors (Lipinski definition) is 3. The van der Waals surface area contributed by atoms with Gasteiger partial charge in [-0.05, 0) is 30.2 Å². The molecule has 0 bridgehead atoms. The van der Waals surface area contributed by atoms with Crippen molar-refractivity contribution in [3.8, 4) is 0 Å². The summed E-state index contributed by atoms with van der Waals surface area (Å²) in [6, 6.07) is 4.25. The summed E-state index contributed by atoms with van der Waals surface area (Å²) in [5, 5.41) is 8.17. The summed E-state index contributed by atoms with van der Waals surface area (Å²) < 4.78 is 0. The molecule has 1 heterocycles. The third kappa shape index (κ3) is 3.21. The molecule has 1 aromatic rings. The fourth-order valence-corrected chi connectivity index (χ4v) is 2.70. The van der Waals surface area contributed by atoms with Gasteiger partial charge in [0.05, 0.1) is 0 Å². The molecule has 5 heteroatoms. The number of carbonyl (C=O) groups is 1. The zero-order chi connectivity index (χ0) is 11.4. The van der Waals surface area contributed by atoms with Gasteiger partial charge in [0.2, 0.25) is 0 Å². The van der Waals surface area contributed by atoms with Crippen molar-refractivity contribution in [1.29, 1.82) is 0 Å². The Labute approximate surface area is 99.2 Å². The van der Waals surface area contributed by atoms with E-state index in [4.69, 9.17) is 5.73 Å². The molecule has 4 nitrogen and oxygen atoms in total. The van der Waals surface area contributed by atoms with Crippen LogP contribution in [0.1, 0.15) is 23.8 Å². The Balaban J connectivity index is 1.78. The highest BCUT2D eigenvalue weighted by atomic mass is 32.1. The van der Waals surface area contributed by atoms with Crippen LogP contribution in [-0.4, -0.2) is 19.1 Å². The minimum atomic E-state index is -0.458. The van der Waals surface area contributed by atoms with E-state index in [1.165, 1.54) is 17.7 Å². The monoisotopic (exact) mass is 239 g/mol. The van der Waals surface area contributed by atoms with Gasteiger partial charge in [0.15, 0.2) is 0 Å². The van der Waals surface area contributed by atoms with E-state index in [0.29, 0.717) is 12.6 Å². The lowest BCUT2D eigenvalue weighted by Crippen LogP contribution is -2.36. The molecule has 1 fully saturated rings. The lowest BCUT2D eigenvalue weighted by Gasteiger charge is -2.16. The molecule has 1 aromatic heterocycles. The largest absolute Gasteiger partial charge is 0.352 e. The molecule has 1 saturated carbocycles. The van der Waals surface area contributed by atoms with Gasteiger partial charge in [-0.3, -0.25) is 0 Å². The van der Waals surface area contributed by atoms with Crippen molar-refractivity contribution in [2.24, 2.45) is 11.7 Å². The Bertz CT molecular complexity index is 335. The highest BCUT2D eigenvalue weighted by molar-refractivity contribution is 7.10. The summed E-state index contributed by atoms with van der Waals surface area (Å²) in [7, 11) is 0. The van der Waals surface area contributed by atoms with E-state index in [1.807, 2.05) is 0 Å². The Hall–Kier alpha value is -1.07. The first-order chi connectivity index (χ1) is 7.77. The van der Waals surface area contributed by atoms with Crippen LogP contribution in [-0.2, 0) is 0 Å². The number of hydrogen-bond acceptors (Lipinski definition) is 3. The lowest BCUT2D eigenvalue weighted by atomic mass is 10.1. The molecule has 0 aromatic carbocycles. The maximum atomic E-state index is 10.5.